The van der Waals surface area contributed by atoms with E-state index in [1.807, 2.05) is 25.1 Å². The van der Waals surface area contributed by atoms with Crippen LogP contribution in [0.4, 0.5) is 0 Å². The molecule has 122 valence electrons. The SMILES string of the molecule is C[C@@H](OC(=O)c1cnn2cccnc12)c1ccc2c(c1)OCCO2. The van der Waals surface area contributed by atoms with Crippen LogP contribution in [0, 0.1) is 0 Å². The molecular formula is C17H15N3O4. The lowest BCUT2D eigenvalue weighted by Gasteiger charge is -2.20. The molecule has 3 aromatic rings. The maximum Gasteiger partial charge on any atom is 0.344 e. The molecule has 1 aromatic carbocycles. The highest BCUT2D eigenvalue weighted by Crippen LogP contribution is 2.33. The van der Waals surface area contributed by atoms with Crippen LogP contribution < -0.4 is 9.47 Å². The summed E-state index contributed by atoms with van der Waals surface area (Å²) in [6, 6.07) is 7.26. The van der Waals surface area contributed by atoms with Crippen molar-refractivity contribution in [3.05, 3.63) is 54.0 Å². The molecule has 1 aliphatic rings. The lowest BCUT2D eigenvalue weighted by atomic mass is 10.1. The van der Waals surface area contributed by atoms with Gasteiger partial charge in [-0.15, -0.1) is 0 Å². The van der Waals surface area contributed by atoms with Crippen LogP contribution >= 0.6 is 0 Å². The third kappa shape index (κ3) is 2.54. The molecule has 7 heteroatoms. The molecule has 2 aromatic heterocycles. The molecule has 4 rings (SSSR count). The number of carbonyl (C=O) groups is 1. The molecule has 1 atom stereocenters. The van der Waals surface area contributed by atoms with Gasteiger partial charge in [0.15, 0.2) is 17.1 Å². The summed E-state index contributed by atoms with van der Waals surface area (Å²) >= 11 is 0. The predicted molar refractivity (Wildman–Crippen MR) is 84.2 cm³/mol. The number of hydrogen-bond donors (Lipinski definition) is 0. The number of ether oxygens (including phenoxy) is 3. The van der Waals surface area contributed by atoms with Crippen molar-refractivity contribution in [2.45, 2.75) is 13.0 Å². The Morgan fingerprint density at radius 3 is 3.00 bits per heavy atom. The van der Waals surface area contributed by atoms with Crippen molar-refractivity contribution in [1.82, 2.24) is 14.6 Å². The van der Waals surface area contributed by atoms with Gasteiger partial charge in [0.05, 0.1) is 6.20 Å². The summed E-state index contributed by atoms with van der Waals surface area (Å²) in [6.07, 6.45) is 4.36. The fourth-order valence-electron chi connectivity index (χ4n) is 2.58. The zero-order valence-corrected chi connectivity index (χ0v) is 13.0. The van der Waals surface area contributed by atoms with Gasteiger partial charge in [0.25, 0.3) is 0 Å². The van der Waals surface area contributed by atoms with E-state index >= 15 is 0 Å². The van der Waals surface area contributed by atoms with Crippen LogP contribution in [0.5, 0.6) is 11.5 Å². The molecule has 0 bridgehead atoms. The quantitative estimate of drug-likeness (QED) is 0.689. The number of nitrogens with zero attached hydrogens (tertiary/aromatic N) is 3. The third-order valence-electron chi connectivity index (χ3n) is 3.82. The maximum absolute atomic E-state index is 12.4. The first-order valence-corrected chi connectivity index (χ1v) is 7.61. The number of carbonyl (C=O) groups excluding carboxylic acids is 1. The average molecular weight is 325 g/mol. The largest absolute Gasteiger partial charge is 0.486 e. The van der Waals surface area contributed by atoms with Gasteiger partial charge in [0.2, 0.25) is 0 Å². The van der Waals surface area contributed by atoms with Crippen molar-refractivity contribution in [2.24, 2.45) is 0 Å². The van der Waals surface area contributed by atoms with E-state index in [-0.39, 0.29) is 0 Å². The van der Waals surface area contributed by atoms with Gasteiger partial charge in [-0.2, -0.15) is 5.10 Å². The summed E-state index contributed by atoms with van der Waals surface area (Å²) in [5.74, 6) is 0.903. The molecule has 0 unspecified atom stereocenters. The van der Waals surface area contributed by atoms with Gasteiger partial charge in [0, 0.05) is 12.4 Å². The van der Waals surface area contributed by atoms with Crippen molar-refractivity contribution >= 4 is 11.6 Å². The Hall–Kier alpha value is -3.09. The highest BCUT2D eigenvalue weighted by Gasteiger charge is 2.20. The molecule has 0 radical (unpaired) electrons. The Morgan fingerprint density at radius 1 is 1.29 bits per heavy atom. The molecule has 0 fully saturated rings. The summed E-state index contributed by atoms with van der Waals surface area (Å²) in [5.41, 5.74) is 1.63. The van der Waals surface area contributed by atoms with Crippen molar-refractivity contribution in [2.75, 3.05) is 13.2 Å². The van der Waals surface area contributed by atoms with Gasteiger partial charge >= 0.3 is 5.97 Å². The minimum atomic E-state index is -0.467. The van der Waals surface area contributed by atoms with Crippen molar-refractivity contribution in [1.29, 1.82) is 0 Å². The van der Waals surface area contributed by atoms with Gasteiger partial charge in [0.1, 0.15) is 24.9 Å². The Kier molecular flexibility index (Phi) is 3.53. The topological polar surface area (TPSA) is 75.0 Å². The first kappa shape index (κ1) is 14.5. The summed E-state index contributed by atoms with van der Waals surface area (Å²) in [5, 5.41) is 4.09. The molecule has 0 N–H and O–H groups in total. The van der Waals surface area contributed by atoms with Gasteiger partial charge < -0.3 is 14.2 Å². The van der Waals surface area contributed by atoms with E-state index in [9.17, 15) is 4.79 Å². The van der Waals surface area contributed by atoms with Crippen LogP contribution in [0.25, 0.3) is 5.65 Å². The third-order valence-corrected chi connectivity index (χ3v) is 3.82. The highest BCUT2D eigenvalue weighted by molar-refractivity contribution is 5.95. The van der Waals surface area contributed by atoms with Crippen molar-refractivity contribution < 1.29 is 19.0 Å². The number of esters is 1. The average Bonchev–Trinajstić information content (AvgIpc) is 3.05. The van der Waals surface area contributed by atoms with Crippen LogP contribution in [0.3, 0.4) is 0 Å². The second-order valence-corrected chi connectivity index (χ2v) is 5.40. The number of aromatic nitrogens is 3. The zero-order valence-electron chi connectivity index (χ0n) is 13.0. The molecule has 7 nitrogen and oxygen atoms in total. The first-order valence-electron chi connectivity index (χ1n) is 7.61. The smallest absolute Gasteiger partial charge is 0.344 e. The van der Waals surface area contributed by atoms with Gasteiger partial charge in [-0.3, -0.25) is 0 Å². The standard InChI is InChI=1S/C17H15N3O4/c1-11(12-3-4-14-15(9-12)23-8-7-22-14)24-17(21)13-10-19-20-6-2-5-18-16(13)20/h2-6,9-11H,7-8H2,1H3/t11-/m1/s1. The van der Waals surface area contributed by atoms with Crippen LogP contribution in [0.15, 0.2) is 42.9 Å². The molecule has 24 heavy (non-hydrogen) atoms. The zero-order chi connectivity index (χ0) is 16.5. The first-order chi connectivity index (χ1) is 11.7. The Bertz CT molecular complexity index is 906. The van der Waals surface area contributed by atoms with E-state index in [1.54, 1.807) is 18.5 Å². The molecule has 0 saturated carbocycles. The van der Waals surface area contributed by atoms with Gasteiger partial charge in [-0.25, -0.2) is 14.3 Å². The van der Waals surface area contributed by atoms with Crippen LogP contribution in [0.2, 0.25) is 0 Å². The minimum absolute atomic E-state index is 0.333. The second kappa shape index (κ2) is 5.84. The number of benzene rings is 1. The van der Waals surface area contributed by atoms with E-state index in [1.165, 1.54) is 10.7 Å². The summed E-state index contributed by atoms with van der Waals surface area (Å²) in [7, 11) is 0. The van der Waals surface area contributed by atoms with E-state index in [4.69, 9.17) is 14.2 Å². The molecule has 0 spiro atoms. The normalized spacial score (nSPS) is 14.4. The summed E-state index contributed by atoms with van der Waals surface area (Å²) < 4.78 is 18.1. The fraction of sp³-hybridized carbons (Fsp3) is 0.235. The fourth-order valence-corrected chi connectivity index (χ4v) is 2.58. The number of hydrogen-bond acceptors (Lipinski definition) is 6. The monoisotopic (exact) mass is 325 g/mol. The van der Waals surface area contributed by atoms with Crippen LogP contribution in [-0.2, 0) is 4.74 Å². The maximum atomic E-state index is 12.4. The highest BCUT2D eigenvalue weighted by atomic mass is 16.6. The van der Waals surface area contributed by atoms with E-state index in [0.717, 1.165) is 5.56 Å². The lowest BCUT2D eigenvalue weighted by Crippen LogP contribution is -2.16. The van der Waals surface area contributed by atoms with Crippen molar-refractivity contribution in [3.8, 4) is 11.5 Å². The molecule has 3 heterocycles. The summed E-state index contributed by atoms with van der Waals surface area (Å²) in [6.45, 7) is 2.86. The van der Waals surface area contributed by atoms with E-state index in [2.05, 4.69) is 10.1 Å². The van der Waals surface area contributed by atoms with Gasteiger partial charge in [-0.1, -0.05) is 6.07 Å². The lowest BCUT2D eigenvalue weighted by molar-refractivity contribution is 0.0339. The minimum Gasteiger partial charge on any atom is -0.486 e. The Labute approximate surface area is 137 Å². The summed E-state index contributed by atoms with van der Waals surface area (Å²) in [4.78, 5) is 16.6. The van der Waals surface area contributed by atoms with Crippen molar-refractivity contribution in [3.63, 3.8) is 0 Å². The molecule has 0 aliphatic carbocycles. The molecular weight excluding hydrogens is 310 g/mol. The second-order valence-electron chi connectivity index (χ2n) is 5.40. The van der Waals surface area contributed by atoms with Crippen LogP contribution in [-0.4, -0.2) is 33.8 Å². The molecule has 1 aliphatic heterocycles. The Balaban J connectivity index is 1.55. The van der Waals surface area contributed by atoms with E-state index < -0.39 is 12.1 Å². The number of rotatable bonds is 3. The van der Waals surface area contributed by atoms with Crippen LogP contribution in [0.1, 0.15) is 28.9 Å². The molecule has 0 amide bonds. The predicted octanol–water partition coefficient (Wildman–Crippen LogP) is 2.42. The van der Waals surface area contributed by atoms with Gasteiger partial charge in [-0.05, 0) is 30.7 Å². The number of fused-ring (bicyclic) bond motifs is 2. The molecule has 0 saturated heterocycles. The van der Waals surface area contributed by atoms with E-state index in [0.29, 0.717) is 35.9 Å². The Morgan fingerprint density at radius 2 is 2.12 bits per heavy atom.